The summed E-state index contributed by atoms with van der Waals surface area (Å²) in [6.45, 7) is -0.445. The van der Waals surface area contributed by atoms with Crippen LogP contribution in [0.5, 0.6) is 11.5 Å². The molecule has 4 rings (SSSR count). The molecule has 2 N–H and O–H groups in total. The lowest BCUT2D eigenvalue weighted by molar-refractivity contribution is -0.119. The number of hydrogen-bond acceptors (Lipinski definition) is 8. The van der Waals surface area contributed by atoms with E-state index in [-0.39, 0.29) is 22.3 Å². The fourth-order valence-corrected chi connectivity index (χ4v) is 4.81. The summed E-state index contributed by atoms with van der Waals surface area (Å²) in [7, 11) is -3.84. The Morgan fingerprint density at radius 2 is 1.84 bits per heavy atom. The van der Waals surface area contributed by atoms with Gasteiger partial charge in [-0.1, -0.05) is 18.2 Å². The molecular weight excluding hydrogens is 444 g/mol. The highest BCUT2D eigenvalue weighted by molar-refractivity contribution is 7.94. The van der Waals surface area contributed by atoms with E-state index in [2.05, 4.69) is 10.0 Å². The summed E-state index contributed by atoms with van der Waals surface area (Å²) >= 11 is 1.05. The smallest absolute Gasteiger partial charge is 0.340 e. The van der Waals surface area contributed by atoms with Crippen LogP contribution in [0.3, 0.4) is 0 Å². The second-order valence-electron chi connectivity index (χ2n) is 6.28. The molecule has 3 aromatic rings. The van der Waals surface area contributed by atoms with Gasteiger partial charge < -0.3 is 19.5 Å². The number of sulfonamides is 1. The third kappa shape index (κ3) is 4.78. The van der Waals surface area contributed by atoms with Crippen molar-refractivity contribution in [3.05, 3.63) is 65.5 Å². The zero-order valence-corrected chi connectivity index (χ0v) is 17.5. The number of thiophene rings is 1. The van der Waals surface area contributed by atoms with Crippen LogP contribution in [-0.2, 0) is 19.6 Å². The molecular formula is C20H16N2O7S2. The average molecular weight is 460 g/mol. The molecule has 1 aliphatic heterocycles. The van der Waals surface area contributed by atoms with E-state index in [0.29, 0.717) is 17.2 Å². The molecule has 0 unspecified atom stereocenters. The molecule has 1 aliphatic rings. The number of nitrogens with one attached hydrogen (secondary N) is 2. The van der Waals surface area contributed by atoms with Gasteiger partial charge in [-0.05, 0) is 35.7 Å². The molecule has 11 heteroatoms. The van der Waals surface area contributed by atoms with Gasteiger partial charge in [0.1, 0.15) is 4.21 Å². The van der Waals surface area contributed by atoms with Crippen molar-refractivity contribution in [3.8, 4) is 11.5 Å². The minimum Gasteiger partial charge on any atom is -0.454 e. The molecule has 1 amide bonds. The minimum absolute atomic E-state index is 0.0153. The van der Waals surface area contributed by atoms with E-state index in [1.807, 2.05) is 0 Å². The Hall–Kier alpha value is -3.57. The van der Waals surface area contributed by atoms with Crippen LogP contribution >= 0.6 is 11.3 Å². The summed E-state index contributed by atoms with van der Waals surface area (Å²) in [5.41, 5.74) is 0.491. The number of para-hydroxylation sites is 1. The highest BCUT2D eigenvalue weighted by Crippen LogP contribution is 2.34. The largest absolute Gasteiger partial charge is 0.454 e. The quantitative estimate of drug-likeness (QED) is 0.520. The number of hydrogen-bond donors (Lipinski definition) is 2. The van der Waals surface area contributed by atoms with E-state index < -0.39 is 28.5 Å². The molecule has 0 fully saturated rings. The number of ether oxygens (including phenoxy) is 3. The van der Waals surface area contributed by atoms with Crippen molar-refractivity contribution >= 4 is 44.6 Å². The fraction of sp³-hybridized carbons (Fsp3) is 0.100. The first kappa shape index (κ1) is 20.7. The molecule has 9 nitrogen and oxygen atoms in total. The van der Waals surface area contributed by atoms with Gasteiger partial charge in [0.15, 0.2) is 18.1 Å². The van der Waals surface area contributed by atoms with Gasteiger partial charge in [-0.3, -0.25) is 9.52 Å². The van der Waals surface area contributed by atoms with Crippen molar-refractivity contribution in [2.75, 3.05) is 23.4 Å². The lowest BCUT2D eigenvalue weighted by Crippen LogP contribution is -2.22. The van der Waals surface area contributed by atoms with Crippen LogP contribution in [0.15, 0.2) is 64.2 Å². The predicted molar refractivity (Wildman–Crippen MR) is 113 cm³/mol. The van der Waals surface area contributed by atoms with Crippen LogP contribution in [0.4, 0.5) is 11.4 Å². The van der Waals surface area contributed by atoms with Gasteiger partial charge in [-0.25, -0.2) is 13.2 Å². The first-order chi connectivity index (χ1) is 14.9. The standard InChI is InChI=1S/C20H16N2O7S2/c23-18(21-13-7-8-16-17(10-13)29-12-28-16)11-27-20(24)14-4-1-2-5-15(14)22-31(25,26)19-6-3-9-30-19/h1-10,22H,11-12H2,(H,21,23). The zero-order valence-electron chi connectivity index (χ0n) is 15.9. The molecule has 0 saturated carbocycles. The van der Waals surface area contributed by atoms with Gasteiger partial charge in [-0.15, -0.1) is 11.3 Å². The second-order valence-corrected chi connectivity index (χ2v) is 9.13. The monoisotopic (exact) mass is 460 g/mol. The summed E-state index contributed by atoms with van der Waals surface area (Å²) < 4.78 is 42.9. The number of fused-ring (bicyclic) bond motifs is 1. The molecule has 0 aliphatic carbocycles. The van der Waals surface area contributed by atoms with Gasteiger partial charge in [0.05, 0.1) is 11.3 Å². The summed E-state index contributed by atoms with van der Waals surface area (Å²) in [4.78, 5) is 24.6. The second kappa shape index (κ2) is 8.66. The Balaban J connectivity index is 1.39. The summed E-state index contributed by atoms with van der Waals surface area (Å²) in [6.07, 6.45) is 0. The number of amides is 1. The maximum absolute atomic E-state index is 12.5. The Kier molecular flexibility index (Phi) is 5.78. The van der Waals surface area contributed by atoms with Crippen LogP contribution in [-0.4, -0.2) is 33.7 Å². The van der Waals surface area contributed by atoms with Gasteiger partial charge in [0, 0.05) is 11.8 Å². The molecule has 1 aromatic heterocycles. The number of anilines is 2. The van der Waals surface area contributed by atoms with Crippen molar-refractivity contribution < 1.29 is 32.2 Å². The van der Waals surface area contributed by atoms with Crippen LogP contribution in [0, 0.1) is 0 Å². The van der Waals surface area contributed by atoms with Gasteiger partial charge >= 0.3 is 5.97 Å². The van der Waals surface area contributed by atoms with E-state index in [1.54, 1.807) is 41.8 Å². The van der Waals surface area contributed by atoms with E-state index in [0.717, 1.165) is 11.3 Å². The lowest BCUT2D eigenvalue weighted by atomic mass is 10.2. The van der Waals surface area contributed by atoms with Crippen molar-refractivity contribution in [2.24, 2.45) is 0 Å². The molecule has 0 radical (unpaired) electrons. The SMILES string of the molecule is O=C(COC(=O)c1ccccc1NS(=O)(=O)c1cccs1)Nc1ccc2c(c1)OCO2. The number of esters is 1. The number of carbonyl (C=O) groups excluding carboxylic acids is 2. The fourth-order valence-electron chi connectivity index (χ4n) is 2.74. The first-order valence-electron chi connectivity index (χ1n) is 8.94. The van der Waals surface area contributed by atoms with Crippen LogP contribution < -0.4 is 19.5 Å². The van der Waals surface area contributed by atoms with Crippen LogP contribution in [0.1, 0.15) is 10.4 Å². The van der Waals surface area contributed by atoms with E-state index >= 15 is 0 Å². The molecule has 0 bridgehead atoms. The lowest BCUT2D eigenvalue weighted by Gasteiger charge is -2.12. The third-order valence-corrected chi connectivity index (χ3v) is 6.90. The number of carbonyl (C=O) groups is 2. The van der Waals surface area contributed by atoms with Crippen LogP contribution in [0.2, 0.25) is 0 Å². The van der Waals surface area contributed by atoms with E-state index in [9.17, 15) is 18.0 Å². The molecule has 0 spiro atoms. The Morgan fingerprint density at radius 1 is 1.03 bits per heavy atom. The topological polar surface area (TPSA) is 120 Å². The normalized spacial score (nSPS) is 12.3. The van der Waals surface area contributed by atoms with Crippen LogP contribution in [0.25, 0.3) is 0 Å². The first-order valence-corrected chi connectivity index (χ1v) is 11.3. The van der Waals surface area contributed by atoms with E-state index in [1.165, 1.54) is 18.2 Å². The van der Waals surface area contributed by atoms with Gasteiger partial charge in [0.2, 0.25) is 6.79 Å². The summed E-state index contributed by atoms with van der Waals surface area (Å²) in [5.74, 6) is -0.332. The van der Waals surface area contributed by atoms with Crippen molar-refractivity contribution in [2.45, 2.75) is 4.21 Å². The van der Waals surface area contributed by atoms with Crippen molar-refractivity contribution in [3.63, 3.8) is 0 Å². The zero-order chi connectivity index (χ0) is 21.8. The molecule has 0 atom stereocenters. The number of benzene rings is 2. The minimum atomic E-state index is -3.84. The van der Waals surface area contributed by atoms with Gasteiger partial charge in [0.25, 0.3) is 15.9 Å². The Bertz CT molecular complexity index is 1220. The van der Waals surface area contributed by atoms with Crippen molar-refractivity contribution in [1.29, 1.82) is 0 Å². The molecule has 160 valence electrons. The Morgan fingerprint density at radius 3 is 2.65 bits per heavy atom. The Labute approximate surface area is 181 Å². The van der Waals surface area contributed by atoms with E-state index in [4.69, 9.17) is 14.2 Å². The number of rotatable bonds is 7. The molecule has 2 aromatic carbocycles. The third-order valence-electron chi connectivity index (χ3n) is 4.14. The maximum Gasteiger partial charge on any atom is 0.340 e. The predicted octanol–water partition coefficient (Wildman–Crippen LogP) is 3.07. The molecule has 31 heavy (non-hydrogen) atoms. The highest BCUT2D eigenvalue weighted by atomic mass is 32.2. The molecule has 0 saturated heterocycles. The summed E-state index contributed by atoms with van der Waals surface area (Å²) in [5, 5.41) is 4.22. The van der Waals surface area contributed by atoms with Crippen molar-refractivity contribution in [1.82, 2.24) is 0 Å². The molecule has 2 heterocycles. The highest BCUT2D eigenvalue weighted by Gasteiger charge is 2.21. The maximum atomic E-state index is 12.5. The summed E-state index contributed by atoms with van der Waals surface area (Å²) in [6, 6.07) is 13.9. The van der Waals surface area contributed by atoms with Gasteiger partial charge in [-0.2, -0.15) is 0 Å². The average Bonchev–Trinajstić information content (AvgIpc) is 3.44.